The lowest BCUT2D eigenvalue weighted by atomic mass is 10.2. The van der Waals surface area contributed by atoms with E-state index in [1.807, 2.05) is 6.07 Å². The van der Waals surface area contributed by atoms with Gasteiger partial charge in [-0.15, -0.1) is 10.2 Å². The molecule has 140 valence electrons. The van der Waals surface area contributed by atoms with Crippen LogP contribution in [0.4, 0.5) is 5.69 Å². The highest BCUT2D eigenvalue weighted by atomic mass is 16.5. The van der Waals surface area contributed by atoms with Crippen molar-refractivity contribution in [1.82, 2.24) is 29.6 Å². The van der Waals surface area contributed by atoms with E-state index in [9.17, 15) is 0 Å². The third-order valence-corrected chi connectivity index (χ3v) is 5.56. The van der Waals surface area contributed by atoms with E-state index in [1.54, 1.807) is 13.4 Å². The first-order chi connectivity index (χ1) is 13.3. The van der Waals surface area contributed by atoms with Gasteiger partial charge in [-0.1, -0.05) is 0 Å². The fraction of sp³-hybridized carbons (Fsp3) is 0.474. The van der Waals surface area contributed by atoms with Gasteiger partial charge in [0.05, 0.1) is 24.6 Å². The smallest absolute Gasteiger partial charge is 0.224 e. The highest BCUT2D eigenvalue weighted by Gasteiger charge is 2.22. The minimum atomic E-state index is 0.626. The zero-order valence-electron chi connectivity index (χ0n) is 15.5. The zero-order valence-corrected chi connectivity index (χ0v) is 15.5. The van der Waals surface area contributed by atoms with E-state index in [2.05, 4.69) is 46.7 Å². The Morgan fingerprint density at radius 3 is 2.78 bits per heavy atom. The molecule has 0 atom stereocenters. The Kier molecular flexibility index (Phi) is 4.12. The number of rotatable bonds is 4. The van der Waals surface area contributed by atoms with Crippen LogP contribution in [0.2, 0.25) is 0 Å². The summed E-state index contributed by atoms with van der Waals surface area (Å²) in [5, 5.41) is 9.67. The molecule has 2 aromatic heterocycles. The molecular formula is C19H23N7O. The fourth-order valence-electron chi connectivity index (χ4n) is 4.07. The Labute approximate surface area is 157 Å². The molecular weight excluding hydrogens is 342 g/mol. The van der Waals surface area contributed by atoms with Crippen molar-refractivity contribution in [2.45, 2.75) is 25.9 Å². The van der Waals surface area contributed by atoms with Crippen molar-refractivity contribution < 1.29 is 4.74 Å². The number of aromatic nitrogens is 5. The van der Waals surface area contributed by atoms with E-state index in [4.69, 9.17) is 4.74 Å². The van der Waals surface area contributed by atoms with Gasteiger partial charge in [-0.2, -0.15) is 0 Å². The van der Waals surface area contributed by atoms with Crippen molar-refractivity contribution in [3.05, 3.63) is 36.2 Å². The summed E-state index contributed by atoms with van der Waals surface area (Å²) in [7, 11) is 1.65. The van der Waals surface area contributed by atoms with E-state index < -0.39 is 0 Å². The largest absolute Gasteiger partial charge is 0.480 e. The maximum atomic E-state index is 5.39. The summed E-state index contributed by atoms with van der Waals surface area (Å²) < 4.78 is 7.68. The van der Waals surface area contributed by atoms with E-state index in [0.29, 0.717) is 5.88 Å². The summed E-state index contributed by atoms with van der Waals surface area (Å²) in [6, 6.07) is 6.31. The molecule has 4 heterocycles. The Balaban J connectivity index is 1.28. The van der Waals surface area contributed by atoms with Gasteiger partial charge in [0.2, 0.25) is 5.88 Å². The molecule has 2 aliphatic rings. The molecule has 0 bridgehead atoms. The van der Waals surface area contributed by atoms with Crippen LogP contribution in [0.15, 0.2) is 24.5 Å². The average Bonchev–Trinajstić information content (AvgIpc) is 3.33. The van der Waals surface area contributed by atoms with Gasteiger partial charge in [-0.25, -0.2) is 9.97 Å². The number of benzene rings is 1. The Bertz CT molecular complexity index is 962. The molecule has 3 aromatic rings. The number of nitrogens with zero attached hydrogens (tertiary/aromatic N) is 7. The quantitative estimate of drug-likeness (QED) is 0.694. The molecule has 27 heavy (non-hydrogen) atoms. The molecule has 1 saturated heterocycles. The first-order valence-corrected chi connectivity index (χ1v) is 9.49. The Hall–Kier alpha value is -2.74. The molecule has 1 aromatic carbocycles. The number of ether oxygens (including phenoxy) is 1. The number of methoxy groups -OCH3 is 1. The predicted octanol–water partition coefficient (Wildman–Crippen LogP) is 1.50. The third kappa shape index (κ3) is 2.99. The van der Waals surface area contributed by atoms with Crippen LogP contribution in [0.1, 0.15) is 18.1 Å². The fourth-order valence-corrected chi connectivity index (χ4v) is 4.07. The van der Waals surface area contributed by atoms with Crippen LogP contribution in [0.5, 0.6) is 5.88 Å². The number of piperazine rings is 1. The highest BCUT2D eigenvalue weighted by Crippen LogP contribution is 2.27. The Morgan fingerprint density at radius 1 is 1.04 bits per heavy atom. The third-order valence-electron chi connectivity index (χ3n) is 5.56. The minimum absolute atomic E-state index is 0.626. The van der Waals surface area contributed by atoms with Crippen molar-refractivity contribution in [1.29, 1.82) is 0 Å². The first kappa shape index (κ1) is 16.4. The van der Waals surface area contributed by atoms with Gasteiger partial charge < -0.3 is 14.2 Å². The molecule has 0 N–H and O–H groups in total. The van der Waals surface area contributed by atoms with Crippen LogP contribution >= 0.6 is 0 Å². The monoisotopic (exact) mass is 365 g/mol. The molecule has 8 heteroatoms. The highest BCUT2D eigenvalue weighted by molar-refractivity contribution is 5.86. The van der Waals surface area contributed by atoms with E-state index in [-0.39, 0.29) is 0 Å². The SMILES string of the molecule is COc1ncnc2ccc(N3CCN(Cc4nnc5n4CCC5)CC3)cc12. The second-order valence-corrected chi connectivity index (χ2v) is 7.14. The summed E-state index contributed by atoms with van der Waals surface area (Å²) >= 11 is 0. The maximum absolute atomic E-state index is 5.39. The van der Waals surface area contributed by atoms with Crippen molar-refractivity contribution >= 4 is 16.6 Å². The standard InChI is InChI=1S/C19H23N7O/c1-27-19-15-11-14(4-5-16(15)20-13-21-19)25-9-7-24(8-10-25)12-18-23-22-17-3-2-6-26(17)18/h4-5,11,13H,2-3,6-10,12H2,1H3. The van der Waals surface area contributed by atoms with Crippen molar-refractivity contribution in [3.8, 4) is 5.88 Å². The van der Waals surface area contributed by atoms with Crippen LogP contribution in [0, 0.1) is 0 Å². The molecule has 0 spiro atoms. The summed E-state index contributed by atoms with van der Waals surface area (Å²) in [5.74, 6) is 2.89. The average molecular weight is 365 g/mol. The maximum Gasteiger partial charge on any atom is 0.224 e. The molecule has 0 amide bonds. The van der Waals surface area contributed by atoms with E-state index >= 15 is 0 Å². The van der Waals surface area contributed by atoms with Crippen LogP contribution in [0.3, 0.4) is 0 Å². The molecule has 0 aliphatic carbocycles. The van der Waals surface area contributed by atoms with Gasteiger partial charge in [0.15, 0.2) is 0 Å². The van der Waals surface area contributed by atoms with Gasteiger partial charge in [0, 0.05) is 44.8 Å². The van der Waals surface area contributed by atoms with Gasteiger partial charge in [-0.3, -0.25) is 4.90 Å². The van der Waals surface area contributed by atoms with Crippen LogP contribution in [-0.4, -0.2) is 62.9 Å². The van der Waals surface area contributed by atoms with Crippen LogP contribution < -0.4 is 9.64 Å². The summed E-state index contributed by atoms with van der Waals surface area (Å²) in [5.41, 5.74) is 2.10. The second-order valence-electron chi connectivity index (χ2n) is 7.14. The molecule has 0 radical (unpaired) electrons. The second kappa shape index (κ2) is 6.77. The molecule has 2 aliphatic heterocycles. The first-order valence-electron chi connectivity index (χ1n) is 9.49. The van der Waals surface area contributed by atoms with Crippen molar-refractivity contribution in [3.63, 3.8) is 0 Å². The minimum Gasteiger partial charge on any atom is -0.480 e. The number of fused-ring (bicyclic) bond motifs is 2. The van der Waals surface area contributed by atoms with Gasteiger partial charge in [0.1, 0.15) is 18.0 Å². The van der Waals surface area contributed by atoms with E-state index in [1.165, 1.54) is 12.1 Å². The normalized spacial score (nSPS) is 17.4. The molecule has 1 fully saturated rings. The molecule has 0 unspecified atom stereocenters. The van der Waals surface area contributed by atoms with E-state index in [0.717, 1.165) is 68.2 Å². The topological polar surface area (TPSA) is 72.2 Å². The number of hydrogen-bond acceptors (Lipinski definition) is 7. The van der Waals surface area contributed by atoms with Crippen LogP contribution in [-0.2, 0) is 19.5 Å². The molecule has 5 rings (SSSR count). The lowest BCUT2D eigenvalue weighted by Crippen LogP contribution is -2.46. The Morgan fingerprint density at radius 2 is 1.93 bits per heavy atom. The lowest BCUT2D eigenvalue weighted by molar-refractivity contribution is 0.240. The molecule has 0 saturated carbocycles. The van der Waals surface area contributed by atoms with Crippen molar-refractivity contribution in [2.24, 2.45) is 0 Å². The summed E-state index contributed by atoms with van der Waals surface area (Å²) in [6.07, 6.45) is 3.80. The predicted molar refractivity (Wildman–Crippen MR) is 102 cm³/mol. The number of hydrogen-bond donors (Lipinski definition) is 0. The van der Waals surface area contributed by atoms with Crippen LogP contribution in [0.25, 0.3) is 10.9 Å². The summed E-state index contributed by atoms with van der Waals surface area (Å²) in [6.45, 7) is 5.97. The van der Waals surface area contributed by atoms with Crippen molar-refractivity contribution in [2.75, 3.05) is 38.2 Å². The van der Waals surface area contributed by atoms with Gasteiger partial charge in [-0.05, 0) is 24.6 Å². The molecule has 8 nitrogen and oxygen atoms in total. The number of aryl methyl sites for hydroxylation is 1. The van der Waals surface area contributed by atoms with Gasteiger partial charge >= 0.3 is 0 Å². The summed E-state index contributed by atoms with van der Waals surface area (Å²) in [4.78, 5) is 13.4. The lowest BCUT2D eigenvalue weighted by Gasteiger charge is -2.36. The zero-order chi connectivity index (χ0) is 18.2. The number of anilines is 1. The van der Waals surface area contributed by atoms with Gasteiger partial charge in [0.25, 0.3) is 0 Å².